The van der Waals surface area contributed by atoms with Crippen LogP contribution in [0.1, 0.15) is 52.9 Å². The molecule has 3 aromatic rings. The van der Waals surface area contributed by atoms with Gasteiger partial charge in [0.15, 0.2) is 0 Å². The summed E-state index contributed by atoms with van der Waals surface area (Å²) >= 11 is 3.25. The molecule has 37 heavy (non-hydrogen) atoms. The van der Waals surface area contributed by atoms with Crippen LogP contribution < -0.4 is 5.09 Å². The van der Waals surface area contributed by atoms with E-state index in [-0.39, 0.29) is 6.04 Å². The Morgan fingerprint density at radius 2 is 1.16 bits per heavy atom. The van der Waals surface area contributed by atoms with Crippen LogP contribution in [0.2, 0.25) is 0 Å². The van der Waals surface area contributed by atoms with Gasteiger partial charge in [-0.2, -0.15) is 0 Å². The molecule has 3 nitrogen and oxygen atoms in total. The molecule has 3 atom stereocenters. The van der Waals surface area contributed by atoms with E-state index in [1.807, 2.05) is 46.6 Å². The molecular weight excluding hydrogens is 578 g/mol. The molecule has 0 aliphatic carbocycles. The summed E-state index contributed by atoms with van der Waals surface area (Å²) in [6.07, 6.45) is -9.09. The summed E-state index contributed by atoms with van der Waals surface area (Å²) in [5.74, 6) is -2.55. The van der Waals surface area contributed by atoms with E-state index in [9.17, 15) is 26.3 Å². The fraction of sp³-hybridized carbons (Fsp3) is 0.308. The molecule has 3 aromatic carbocycles. The molecule has 0 radical (unpaired) electrons. The molecule has 0 bridgehead atoms. The fourth-order valence-corrected chi connectivity index (χ4v) is 9.74. The van der Waals surface area contributed by atoms with Crippen LogP contribution in [-0.2, 0) is 12.4 Å². The first kappa shape index (κ1) is 28.1. The van der Waals surface area contributed by atoms with Gasteiger partial charge in [-0.05, 0) is 0 Å². The van der Waals surface area contributed by atoms with Crippen LogP contribution >= 0.6 is 5.96 Å². The van der Waals surface area contributed by atoms with E-state index in [0.717, 1.165) is 29.8 Å². The molecular formula is C26H26F6N3PSe. The first-order chi connectivity index (χ1) is 17.2. The molecule has 1 fully saturated rings. The number of hydrogen-bond acceptors (Lipinski definition) is 3. The summed E-state index contributed by atoms with van der Waals surface area (Å²) in [6, 6.07) is 18.3. The predicted octanol–water partition coefficient (Wildman–Crippen LogP) is 7.58. The second-order valence-electron chi connectivity index (χ2n) is 9.09. The van der Waals surface area contributed by atoms with Crippen molar-refractivity contribution < 1.29 is 26.3 Å². The van der Waals surface area contributed by atoms with Crippen molar-refractivity contribution in [3.63, 3.8) is 0 Å². The molecule has 1 saturated heterocycles. The van der Waals surface area contributed by atoms with Gasteiger partial charge in [-0.25, -0.2) is 0 Å². The van der Waals surface area contributed by atoms with Crippen molar-refractivity contribution in [3.05, 3.63) is 107 Å². The third-order valence-corrected chi connectivity index (χ3v) is 13.6. The maximum atomic E-state index is 13.6. The Balaban J connectivity index is 1.84. The summed E-state index contributed by atoms with van der Waals surface area (Å²) < 4.78 is 85.4. The van der Waals surface area contributed by atoms with Gasteiger partial charge in [0.25, 0.3) is 0 Å². The van der Waals surface area contributed by atoms with Gasteiger partial charge < -0.3 is 0 Å². The Morgan fingerprint density at radius 1 is 0.730 bits per heavy atom. The predicted molar refractivity (Wildman–Crippen MR) is 135 cm³/mol. The topological polar surface area (TPSA) is 18.5 Å². The Morgan fingerprint density at radius 3 is 1.57 bits per heavy atom. The van der Waals surface area contributed by atoms with Crippen molar-refractivity contribution in [1.82, 2.24) is 14.4 Å². The van der Waals surface area contributed by atoms with E-state index in [2.05, 4.69) is 20.2 Å². The van der Waals surface area contributed by atoms with Crippen molar-refractivity contribution >= 4 is 21.1 Å². The minimum absolute atomic E-state index is 0.136. The Labute approximate surface area is 219 Å². The molecule has 1 heterocycles. The molecule has 1 N–H and O–H groups in total. The van der Waals surface area contributed by atoms with Gasteiger partial charge in [0.05, 0.1) is 0 Å². The normalized spacial score (nSPS) is 21.8. The Hall–Kier alpha value is -1.93. The average molecular weight is 604 g/mol. The van der Waals surface area contributed by atoms with Crippen molar-refractivity contribution in [2.24, 2.45) is 0 Å². The maximum absolute atomic E-state index is 13.6. The van der Waals surface area contributed by atoms with E-state index >= 15 is 0 Å². The SMILES string of the molecule is C[C@H](NP1(=[Se])N(C)[C@H](c2cccc(C(F)(F)F)c2)[C@@H](c2cccc(C(F)(F)F)c2)N1C)c1ccccc1. The molecule has 4 rings (SSSR count). The van der Waals surface area contributed by atoms with E-state index in [1.54, 1.807) is 26.2 Å². The van der Waals surface area contributed by atoms with E-state index < -0.39 is 41.5 Å². The number of nitrogens with one attached hydrogen (secondary N) is 1. The molecule has 0 unspecified atom stereocenters. The molecule has 198 valence electrons. The summed E-state index contributed by atoms with van der Waals surface area (Å²) in [6.45, 7) is 1.98. The van der Waals surface area contributed by atoms with Gasteiger partial charge in [-0.3, -0.25) is 0 Å². The van der Waals surface area contributed by atoms with E-state index in [4.69, 9.17) is 0 Å². The Kier molecular flexibility index (Phi) is 7.84. The standard InChI is InChI=1S/C26H26F6N3PSe/c1-17(18-9-5-4-6-10-18)33-36(37)34(2)23(19-11-7-13-21(15-19)25(27,28)29)24(35(36)3)20-12-8-14-22(16-20)26(30,31)32/h4-17,23-24H,1-3H3,(H,33,37)/t17-,23+,24+/m0/s1. The number of likely N-dealkylation sites (N-methyl/N-ethyl adjacent to an activating group) is 2. The molecule has 0 amide bonds. The van der Waals surface area contributed by atoms with Gasteiger partial charge in [0.1, 0.15) is 0 Å². The van der Waals surface area contributed by atoms with Crippen LogP contribution in [0.5, 0.6) is 0 Å². The molecule has 0 spiro atoms. The Bertz CT molecular complexity index is 1220. The van der Waals surface area contributed by atoms with Crippen LogP contribution in [-0.4, -0.2) is 38.5 Å². The minimum atomic E-state index is -4.55. The van der Waals surface area contributed by atoms with Gasteiger partial charge >= 0.3 is 220 Å². The van der Waals surface area contributed by atoms with Crippen molar-refractivity contribution in [2.75, 3.05) is 14.1 Å². The van der Waals surface area contributed by atoms with Crippen LogP contribution in [0, 0.1) is 0 Å². The van der Waals surface area contributed by atoms with Crippen LogP contribution in [0.25, 0.3) is 0 Å². The molecule has 11 heteroatoms. The van der Waals surface area contributed by atoms with Crippen molar-refractivity contribution in [1.29, 1.82) is 0 Å². The zero-order valence-corrected chi connectivity index (χ0v) is 22.9. The van der Waals surface area contributed by atoms with Gasteiger partial charge in [-0.1, -0.05) is 0 Å². The summed E-state index contributed by atoms with van der Waals surface area (Å²) in [7, 11) is 3.59. The van der Waals surface area contributed by atoms with Crippen molar-refractivity contribution in [3.8, 4) is 0 Å². The summed E-state index contributed by atoms with van der Waals surface area (Å²) in [4.78, 5) is 0. The second-order valence-corrected chi connectivity index (χ2v) is 14.9. The van der Waals surface area contributed by atoms with Gasteiger partial charge in [0.2, 0.25) is 0 Å². The second kappa shape index (κ2) is 10.3. The quantitative estimate of drug-likeness (QED) is 0.184. The average Bonchev–Trinajstić information content (AvgIpc) is 3.04. The number of nitrogens with zero attached hydrogens (tertiary/aromatic N) is 2. The zero-order chi connectivity index (χ0) is 27.2. The van der Waals surface area contributed by atoms with Crippen molar-refractivity contribution in [2.45, 2.75) is 37.4 Å². The zero-order valence-electron chi connectivity index (χ0n) is 20.3. The first-order valence-electron chi connectivity index (χ1n) is 11.5. The fourth-order valence-electron chi connectivity index (χ4n) is 4.81. The molecule has 0 aromatic heterocycles. The summed E-state index contributed by atoms with van der Waals surface area (Å²) in [5, 5.41) is 3.62. The van der Waals surface area contributed by atoms with Gasteiger partial charge in [-0.15, -0.1) is 0 Å². The summed E-state index contributed by atoms with van der Waals surface area (Å²) in [5.41, 5.74) is 0.156. The number of halogens is 6. The number of alkyl halides is 6. The number of rotatable bonds is 5. The van der Waals surface area contributed by atoms with Crippen LogP contribution in [0.15, 0.2) is 78.9 Å². The number of hydrogen-bond donors (Lipinski definition) is 1. The first-order valence-corrected chi connectivity index (χ1v) is 15.4. The third kappa shape index (κ3) is 5.60. The molecule has 1 aliphatic rings. The van der Waals surface area contributed by atoms with E-state index in [1.165, 1.54) is 12.1 Å². The van der Waals surface area contributed by atoms with Crippen LogP contribution in [0.4, 0.5) is 26.3 Å². The molecule has 0 saturated carbocycles. The van der Waals surface area contributed by atoms with Crippen LogP contribution in [0.3, 0.4) is 0 Å². The third-order valence-electron chi connectivity index (χ3n) is 6.73. The van der Waals surface area contributed by atoms with Gasteiger partial charge in [0, 0.05) is 0 Å². The molecule has 1 aliphatic heterocycles. The van der Waals surface area contributed by atoms with E-state index in [0.29, 0.717) is 11.1 Å². The number of benzene rings is 3. The monoisotopic (exact) mass is 605 g/mol.